The first-order valence-corrected chi connectivity index (χ1v) is 7.42. The molecule has 4 N–H and O–H groups in total. The van der Waals surface area contributed by atoms with E-state index in [0.717, 1.165) is 11.3 Å². The summed E-state index contributed by atoms with van der Waals surface area (Å²) in [5, 5.41) is 19.6. The van der Waals surface area contributed by atoms with E-state index in [0.29, 0.717) is 20.9 Å². The molecule has 9 heteroatoms. The number of thioether (sulfide) groups is 1. The number of nitrogen functional groups attached to an aromatic ring is 1. The van der Waals surface area contributed by atoms with Gasteiger partial charge in [0.05, 0.1) is 11.3 Å². The molecule has 0 bridgehead atoms. The number of carbonyl (C=O) groups is 1. The Labute approximate surface area is 123 Å². The molecule has 0 aromatic carbocycles. The van der Waals surface area contributed by atoms with Gasteiger partial charge in [-0.25, -0.2) is 0 Å². The van der Waals surface area contributed by atoms with Crippen LogP contribution in [0.5, 0.6) is 0 Å². The minimum atomic E-state index is -0.221. The predicted octanol–water partition coefficient (Wildman–Crippen LogP) is 1.67. The molecule has 0 atom stereocenters. The number of hydrogen-bond acceptors (Lipinski definition) is 7. The fourth-order valence-electron chi connectivity index (χ4n) is 1.53. The van der Waals surface area contributed by atoms with Crippen LogP contribution in [0, 0.1) is 25.2 Å². The molecule has 0 unspecified atom stereocenters. The number of aryl methyl sites for hydroxylation is 1. The summed E-state index contributed by atoms with van der Waals surface area (Å²) >= 11 is 2.48. The normalized spacial score (nSPS) is 10.2. The SMILES string of the molecule is Cc1[nH]c(NC(=O)CSc2nnc(N)s2)c(C#N)c1C. The second-order valence-electron chi connectivity index (χ2n) is 3.98. The smallest absolute Gasteiger partial charge is 0.235 e. The number of aromatic amines is 1. The number of rotatable bonds is 4. The van der Waals surface area contributed by atoms with E-state index in [-0.39, 0.29) is 11.7 Å². The van der Waals surface area contributed by atoms with Crippen molar-refractivity contribution >= 4 is 40.0 Å². The Kier molecular flexibility index (Phi) is 4.26. The highest BCUT2D eigenvalue weighted by Crippen LogP contribution is 2.24. The molecule has 0 aliphatic rings. The fourth-order valence-corrected chi connectivity index (χ4v) is 2.97. The van der Waals surface area contributed by atoms with Crippen LogP contribution in [0.25, 0.3) is 0 Å². The van der Waals surface area contributed by atoms with Crippen molar-refractivity contribution in [2.45, 2.75) is 18.2 Å². The third kappa shape index (κ3) is 3.09. The lowest BCUT2D eigenvalue weighted by molar-refractivity contribution is -0.113. The summed E-state index contributed by atoms with van der Waals surface area (Å²) in [6.45, 7) is 3.68. The number of nitriles is 1. The predicted molar refractivity (Wildman–Crippen MR) is 78.7 cm³/mol. The van der Waals surface area contributed by atoms with Crippen molar-refractivity contribution < 1.29 is 4.79 Å². The lowest BCUT2D eigenvalue weighted by Crippen LogP contribution is -2.15. The van der Waals surface area contributed by atoms with E-state index in [9.17, 15) is 4.79 Å². The van der Waals surface area contributed by atoms with Gasteiger partial charge >= 0.3 is 0 Å². The minimum Gasteiger partial charge on any atom is -0.374 e. The zero-order valence-electron chi connectivity index (χ0n) is 10.9. The Morgan fingerprint density at radius 1 is 1.55 bits per heavy atom. The van der Waals surface area contributed by atoms with Gasteiger partial charge in [-0.05, 0) is 19.4 Å². The Morgan fingerprint density at radius 2 is 2.30 bits per heavy atom. The van der Waals surface area contributed by atoms with Crippen LogP contribution in [-0.4, -0.2) is 26.8 Å². The number of anilines is 2. The van der Waals surface area contributed by atoms with Crippen LogP contribution in [0.15, 0.2) is 4.34 Å². The van der Waals surface area contributed by atoms with E-state index in [1.54, 1.807) is 0 Å². The topological polar surface area (TPSA) is 120 Å². The standard InChI is InChI=1S/C11H12N6OS2/c1-5-6(2)14-9(7(5)3-12)15-8(18)4-19-11-17-16-10(13)20-11/h14H,4H2,1-2H3,(H2,13,16)(H,15,18). The van der Waals surface area contributed by atoms with Crippen molar-refractivity contribution in [3.63, 3.8) is 0 Å². The minimum absolute atomic E-state index is 0.177. The third-order valence-corrected chi connectivity index (χ3v) is 4.51. The van der Waals surface area contributed by atoms with Crippen LogP contribution in [0.1, 0.15) is 16.8 Å². The van der Waals surface area contributed by atoms with E-state index in [2.05, 4.69) is 26.6 Å². The van der Waals surface area contributed by atoms with Crippen LogP contribution in [-0.2, 0) is 4.79 Å². The van der Waals surface area contributed by atoms with E-state index < -0.39 is 0 Å². The molecular formula is C11H12N6OS2. The lowest BCUT2D eigenvalue weighted by Gasteiger charge is -2.02. The molecule has 0 aliphatic carbocycles. The molecule has 7 nitrogen and oxygen atoms in total. The second-order valence-corrected chi connectivity index (χ2v) is 6.21. The molecule has 1 amide bonds. The fraction of sp³-hybridized carbons (Fsp3) is 0.273. The lowest BCUT2D eigenvalue weighted by atomic mass is 10.2. The van der Waals surface area contributed by atoms with Gasteiger partial charge in [-0.3, -0.25) is 4.79 Å². The summed E-state index contributed by atoms with van der Waals surface area (Å²) in [5.41, 5.74) is 7.62. The Balaban J connectivity index is 1.98. The van der Waals surface area contributed by atoms with E-state index in [4.69, 9.17) is 11.0 Å². The highest BCUT2D eigenvalue weighted by Gasteiger charge is 2.14. The number of nitrogens with one attached hydrogen (secondary N) is 2. The first-order valence-electron chi connectivity index (χ1n) is 5.62. The average molecular weight is 308 g/mol. The van der Waals surface area contributed by atoms with E-state index in [1.807, 2.05) is 13.8 Å². The summed E-state index contributed by atoms with van der Waals surface area (Å²) in [6.07, 6.45) is 0. The zero-order valence-corrected chi connectivity index (χ0v) is 12.5. The van der Waals surface area contributed by atoms with Crippen molar-refractivity contribution in [1.82, 2.24) is 15.2 Å². The molecule has 2 heterocycles. The molecular weight excluding hydrogens is 296 g/mol. The molecule has 2 aromatic heterocycles. The van der Waals surface area contributed by atoms with Crippen molar-refractivity contribution in [1.29, 1.82) is 5.26 Å². The van der Waals surface area contributed by atoms with Crippen molar-refractivity contribution in [3.8, 4) is 6.07 Å². The maximum absolute atomic E-state index is 11.8. The third-order valence-electron chi connectivity index (χ3n) is 2.63. The van der Waals surface area contributed by atoms with Gasteiger partial charge in [0.2, 0.25) is 11.0 Å². The summed E-state index contributed by atoms with van der Waals surface area (Å²) in [4.78, 5) is 14.8. The molecule has 0 saturated carbocycles. The summed E-state index contributed by atoms with van der Waals surface area (Å²) in [6, 6.07) is 2.08. The maximum atomic E-state index is 11.8. The van der Waals surface area contributed by atoms with Crippen LogP contribution in [0.3, 0.4) is 0 Å². The van der Waals surface area contributed by atoms with Crippen molar-refractivity contribution in [2.75, 3.05) is 16.8 Å². The van der Waals surface area contributed by atoms with Gasteiger partial charge in [0, 0.05) is 5.69 Å². The molecule has 2 aromatic rings. The van der Waals surface area contributed by atoms with Gasteiger partial charge in [0.15, 0.2) is 4.34 Å². The number of nitrogens with zero attached hydrogens (tertiary/aromatic N) is 3. The highest BCUT2D eigenvalue weighted by molar-refractivity contribution is 8.01. The van der Waals surface area contributed by atoms with Crippen LogP contribution in [0.4, 0.5) is 10.9 Å². The summed E-state index contributed by atoms with van der Waals surface area (Å²) < 4.78 is 0.636. The highest BCUT2D eigenvalue weighted by atomic mass is 32.2. The van der Waals surface area contributed by atoms with E-state index in [1.165, 1.54) is 23.1 Å². The van der Waals surface area contributed by atoms with Gasteiger partial charge in [-0.2, -0.15) is 5.26 Å². The van der Waals surface area contributed by atoms with Gasteiger partial charge in [-0.1, -0.05) is 23.1 Å². The Bertz CT molecular complexity index is 684. The molecule has 0 spiro atoms. The van der Waals surface area contributed by atoms with E-state index >= 15 is 0 Å². The summed E-state index contributed by atoms with van der Waals surface area (Å²) in [5.74, 6) is 0.391. The van der Waals surface area contributed by atoms with Crippen molar-refractivity contribution in [2.24, 2.45) is 0 Å². The molecule has 0 fully saturated rings. The number of H-pyrrole nitrogens is 1. The van der Waals surface area contributed by atoms with Gasteiger partial charge in [0.25, 0.3) is 0 Å². The Hall–Kier alpha value is -2.05. The molecule has 2 rings (SSSR count). The van der Waals surface area contributed by atoms with Crippen LogP contribution < -0.4 is 11.1 Å². The van der Waals surface area contributed by atoms with Gasteiger partial charge in [0.1, 0.15) is 11.9 Å². The summed E-state index contributed by atoms with van der Waals surface area (Å²) in [7, 11) is 0. The first kappa shape index (κ1) is 14.4. The monoisotopic (exact) mass is 308 g/mol. The zero-order chi connectivity index (χ0) is 14.7. The maximum Gasteiger partial charge on any atom is 0.235 e. The van der Waals surface area contributed by atoms with Gasteiger partial charge in [-0.15, -0.1) is 10.2 Å². The first-order chi connectivity index (χ1) is 9.51. The number of amides is 1. The van der Waals surface area contributed by atoms with Crippen molar-refractivity contribution in [3.05, 3.63) is 16.8 Å². The number of aromatic nitrogens is 3. The molecule has 20 heavy (non-hydrogen) atoms. The largest absolute Gasteiger partial charge is 0.374 e. The quantitative estimate of drug-likeness (QED) is 0.739. The molecule has 0 aliphatic heterocycles. The Morgan fingerprint density at radius 3 is 2.90 bits per heavy atom. The van der Waals surface area contributed by atoms with Crippen LogP contribution >= 0.6 is 23.1 Å². The number of carbonyl (C=O) groups excluding carboxylic acids is 1. The van der Waals surface area contributed by atoms with Gasteiger partial charge < -0.3 is 16.0 Å². The van der Waals surface area contributed by atoms with Crippen LogP contribution in [0.2, 0.25) is 0 Å². The molecule has 0 radical (unpaired) electrons. The molecule has 104 valence electrons. The number of hydrogen-bond donors (Lipinski definition) is 3. The average Bonchev–Trinajstić information content (AvgIpc) is 2.92. The second kappa shape index (κ2) is 5.94. The number of nitrogens with two attached hydrogens (primary N) is 1. The molecule has 0 saturated heterocycles.